The third kappa shape index (κ3) is 2.84. The molecule has 3 aromatic heterocycles. The van der Waals surface area contributed by atoms with Crippen molar-refractivity contribution in [2.75, 3.05) is 5.32 Å². The molecule has 3 heterocycles. The zero-order chi connectivity index (χ0) is 18.2. The molecular formula is C21H16N4OS. The number of rotatable bonds is 4. The standard InChI is InChI=1S/C21H16N4OS/c1-13(21-25-16(11-27-21)14-7-3-2-4-8-14)24-20-19-18(22-12-23-20)15-9-5-6-10-17(15)26-19/h2-13H,1H3,(H,22,23,24). The van der Waals surface area contributed by atoms with E-state index in [9.17, 15) is 0 Å². The van der Waals surface area contributed by atoms with Crippen LogP contribution >= 0.6 is 11.3 Å². The maximum atomic E-state index is 5.99. The van der Waals surface area contributed by atoms with Crippen molar-refractivity contribution in [3.05, 3.63) is 71.3 Å². The summed E-state index contributed by atoms with van der Waals surface area (Å²) in [6.45, 7) is 2.07. The molecule has 0 aliphatic carbocycles. The first kappa shape index (κ1) is 16.0. The van der Waals surface area contributed by atoms with Crippen molar-refractivity contribution < 1.29 is 4.42 Å². The van der Waals surface area contributed by atoms with Crippen molar-refractivity contribution in [2.45, 2.75) is 13.0 Å². The van der Waals surface area contributed by atoms with E-state index in [0.717, 1.165) is 32.8 Å². The van der Waals surface area contributed by atoms with E-state index in [1.165, 1.54) is 0 Å². The number of anilines is 1. The van der Waals surface area contributed by atoms with Crippen molar-refractivity contribution in [3.8, 4) is 11.3 Å². The topological polar surface area (TPSA) is 63.8 Å². The molecule has 0 aliphatic rings. The van der Waals surface area contributed by atoms with Gasteiger partial charge in [-0.25, -0.2) is 15.0 Å². The minimum absolute atomic E-state index is 0.00113. The van der Waals surface area contributed by atoms with E-state index in [-0.39, 0.29) is 6.04 Å². The van der Waals surface area contributed by atoms with Crippen LogP contribution in [0.25, 0.3) is 33.3 Å². The van der Waals surface area contributed by atoms with E-state index in [0.29, 0.717) is 11.4 Å². The molecular weight excluding hydrogens is 356 g/mol. The monoisotopic (exact) mass is 372 g/mol. The van der Waals surface area contributed by atoms with Crippen molar-refractivity contribution in [2.24, 2.45) is 0 Å². The van der Waals surface area contributed by atoms with E-state index in [2.05, 4.69) is 39.7 Å². The first-order valence-corrected chi connectivity index (χ1v) is 9.57. The first-order valence-electron chi connectivity index (χ1n) is 8.69. The van der Waals surface area contributed by atoms with Gasteiger partial charge in [-0.1, -0.05) is 42.5 Å². The smallest absolute Gasteiger partial charge is 0.196 e. The lowest BCUT2D eigenvalue weighted by molar-refractivity contribution is 0.665. The number of hydrogen-bond donors (Lipinski definition) is 1. The van der Waals surface area contributed by atoms with Crippen LogP contribution in [0.15, 0.2) is 70.7 Å². The number of thiazole rings is 1. The molecule has 0 aliphatic heterocycles. The van der Waals surface area contributed by atoms with E-state index in [1.54, 1.807) is 17.7 Å². The SMILES string of the molecule is CC(Nc1ncnc2c1oc1ccccc12)c1nc(-c2ccccc2)cs1. The molecule has 1 unspecified atom stereocenters. The van der Waals surface area contributed by atoms with Crippen molar-refractivity contribution in [1.29, 1.82) is 0 Å². The summed E-state index contributed by atoms with van der Waals surface area (Å²) in [6, 6.07) is 18.1. The summed E-state index contributed by atoms with van der Waals surface area (Å²) in [4.78, 5) is 13.6. The average molecular weight is 372 g/mol. The number of furan rings is 1. The van der Waals surface area contributed by atoms with Crippen LogP contribution in [-0.2, 0) is 0 Å². The lowest BCUT2D eigenvalue weighted by Gasteiger charge is -2.11. The summed E-state index contributed by atoms with van der Waals surface area (Å²) >= 11 is 1.63. The number of nitrogens with zero attached hydrogens (tertiary/aromatic N) is 3. The predicted octanol–water partition coefficient (Wildman–Crippen LogP) is 5.67. The molecule has 5 aromatic rings. The van der Waals surface area contributed by atoms with Crippen LogP contribution in [0, 0.1) is 0 Å². The van der Waals surface area contributed by atoms with E-state index >= 15 is 0 Å². The van der Waals surface area contributed by atoms with Crippen LogP contribution in [0.1, 0.15) is 18.0 Å². The van der Waals surface area contributed by atoms with Gasteiger partial charge in [0, 0.05) is 16.3 Å². The van der Waals surface area contributed by atoms with Gasteiger partial charge < -0.3 is 9.73 Å². The molecule has 0 radical (unpaired) electrons. The third-order valence-corrected chi connectivity index (χ3v) is 5.50. The minimum Gasteiger partial charge on any atom is -0.450 e. The Kier molecular flexibility index (Phi) is 3.83. The molecule has 0 saturated carbocycles. The summed E-state index contributed by atoms with van der Waals surface area (Å²) in [5, 5.41) is 7.50. The van der Waals surface area contributed by atoms with Crippen LogP contribution in [0.3, 0.4) is 0 Å². The van der Waals surface area contributed by atoms with Crippen molar-refractivity contribution >= 4 is 39.2 Å². The molecule has 0 fully saturated rings. The highest BCUT2D eigenvalue weighted by atomic mass is 32.1. The van der Waals surface area contributed by atoms with Crippen LogP contribution in [-0.4, -0.2) is 15.0 Å². The average Bonchev–Trinajstić information content (AvgIpc) is 3.35. The number of aromatic nitrogens is 3. The lowest BCUT2D eigenvalue weighted by atomic mass is 10.2. The van der Waals surface area contributed by atoms with Crippen molar-refractivity contribution in [1.82, 2.24) is 15.0 Å². The fourth-order valence-corrected chi connectivity index (χ4v) is 3.96. The Morgan fingerprint density at radius 3 is 2.70 bits per heavy atom. The number of nitrogens with one attached hydrogen (secondary N) is 1. The molecule has 0 bridgehead atoms. The van der Waals surface area contributed by atoms with Crippen LogP contribution < -0.4 is 5.32 Å². The van der Waals surface area contributed by atoms with E-state index < -0.39 is 0 Å². The molecule has 1 N–H and O–H groups in total. The predicted molar refractivity (Wildman–Crippen MR) is 109 cm³/mol. The fourth-order valence-electron chi connectivity index (χ4n) is 3.12. The van der Waals surface area contributed by atoms with E-state index in [1.807, 2.05) is 42.5 Å². The Morgan fingerprint density at radius 2 is 1.81 bits per heavy atom. The van der Waals surface area contributed by atoms with Gasteiger partial charge in [0.15, 0.2) is 11.4 Å². The molecule has 5 rings (SSSR count). The molecule has 0 amide bonds. The highest BCUT2D eigenvalue weighted by Crippen LogP contribution is 2.33. The van der Waals surface area contributed by atoms with Crippen LogP contribution in [0.2, 0.25) is 0 Å². The van der Waals surface area contributed by atoms with Gasteiger partial charge in [0.2, 0.25) is 0 Å². The van der Waals surface area contributed by atoms with Crippen molar-refractivity contribution in [3.63, 3.8) is 0 Å². The second kappa shape index (κ2) is 6.48. The van der Waals surface area contributed by atoms with Gasteiger partial charge in [-0.3, -0.25) is 0 Å². The lowest BCUT2D eigenvalue weighted by Crippen LogP contribution is -2.08. The van der Waals surface area contributed by atoms with Gasteiger partial charge in [0.05, 0.1) is 11.7 Å². The second-order valence-corrected chi connectivity index (χ2v) is 7.19. The van der Waals surface area contributed by atoms with Crippen LogP contribution in [0.4, 0.5) is 5.82 Å². The van der Waals surface area contributed by atoms with Gasteiger partial charge >= 0.3 is 0 Å². The molecule has 6 heteroatoms. The number of benzene rings is 2. The molecule has 0 saturated heterocycles. The van der Waals surface area contributed by atoms with Gasteiger partial charge in [-0.05, 0) is 19.1 Å². The van der Waals surface area contributed by atoms with E-state index in [4.69, 9.17) is 9.40 Å². The number of fused-ring (bicyclic) bond motifs is 3. The van der Waals surface area contributed by atoms with Gasteiger partial charge in [-0.15, -0.1) is 11.3 Å². The summed E-state index contributed by atoms with van der Waals surface area (Å²) < 4.78 is 5.99. The molecule has 132 valence electrons. The summed E-state index contributed by atoms with van der Waals surface area (Å²) in [5.41, 5.74) is 4.41. The molecule has 27 heavy (non-hydrogen) atoms. The summed E-state index contributed by atoms with van der Waals surface area (Å²) in [5.74, 6) is 0.681. The Hall–Kier alpha value is -3.25. The fraction of sp³-hybridized carbons (Fsp3) is 0.0952. The molecule has 2 aromatic carbocycles. The Bertz CT molecular complexity index is 1230. The zero-order valence-electron chi connectivity index (χ0n) is 14.6. The Labute approximate surface area is 159 Å². The highest BCUT2D eigenvalue weighted by Gasteiger charge is 2.17. The zero-order valence-corrected chi connectivity index (χ0v) is 15.4. The van der Waals surface area contributed by atoms with Gasteiger partial charge in [0.1, 0.15) is 22.4 Å². The Morgan fingerprint density at radius 1 is 1.00 bits per heavy atom. The molecule has 0 spiro atoms. The van der Waals surface area contributed by atoms with Gasteiger partial charge in [-0.2, -0.15) is 0 Å². The summed E-state index contributed by atoms with van der Waals surface area (Å²) in [7, 11) is 0. The number of hydrogen-bond acceptors (Lipinski definition) is 6. The normalized spacial score (nSPS) is 12.5. The minimum atomic E-state index is -0.00113. The van der Waals surface area contributed by atoms with Crippen LogP contribution in [0.5, 0.6) is 0 Å². The summed E-state index contributed by atoms with van der Waals surface area (Å²) in [6.07, 6.45) is 1.57. The number of para-hydroxylation sites is 1. The highest BCUT2D eigenvalue weighted by molar-refractivity contribution is 7.10. The first-order chi connectivity index (χ1) is 13.3. The van der Waals surface area contributed by atoms with Gasteiger partial charge in [0.25, 0.3) is 0 Å². The third-order valence-electron chi connectivity index (χ3n) is 4.47. The quantitative estimate of drug-likeness (QED) is 0.440. The Balaban J connectivity index is 1.48. The second-order valence-electron chi connectivity index (χ2n) is 6.30. The maximum Gasteiger partial charge on any atom is 0.196 e. The largest absolute Gasteiger partial charge is 0.450 e. The maximum absolute atomic E-state index is 5.99. The molecule has 5 nitrogen and oxygen atoms in total. The molecule has 1 atom stereocenters.